The number of likely N-dealkylation sites (N-methyl/N-ethyl adjacent to an activating group) is 1. The number of fused-ring (bicyclic) bond motifs is 1. The molecule has 1 N–H and O–H groups in total. The maximum absolute atomic E-state index is 5.15. The lowest BCUT2D eigenvalue weighted by Crippen LogP contribution is -2.27. The third kappa shape index (κ3) is 2.91. The molecule has 3 nitrogen and oxygen atoms in total. The highest BCUT2D eigenvalue weighted by atomic mass is 16.5. The molecule has 0 fully saturated rings. The molecule has 0 aromatic heterocycles. The van der Waals surface area contributed by atoms with Crippen molar-refractivity contribution < 1.29 is 4.74 Å². The fourth-order valence-corrected chi connectivity index (χ4v) is 2.33. The molecule has 1 heterocycles. The van der Waals surface area contributed by atoms with Crippen LogP contribution < -0.4 is 10.2 Å². The van der Waals surface area contributed by atoms with Crippen LogP contribution in [0.15, 0.2) is 18.2 Å². The molecule has 0 atom stereocenters. The van der Waals surface area contributed by atoms with Crippen LogP contribution in [0, 0.1) is 0 Å². The van der Waals surface area contributed by atoms with Crippen LogP contribution in [0.1, 0.15) is 18.9 Å². The van der Waals surface area contributed by atoms with Gasteiger partial charge in [0, 0.05) is 38.1 Å². The third-order valence-corrected chi connectivity index (χ3v) is 3.34. The molecule has 2 rings (SSSR count). The van der Waals surface area contributed by atoms with Crippen LogP contribution in [0.4, 0.5) is 11.4 Å². The van der Waals surface area contributed by atoms with Gasteiger partial charge in [-0.25, -0.2) is 0 Å². The number of ether oxygens (including phenoxy) is 1. The Morgan fingerprint density at radius 2 is 2.29 bits per heavy atom. The summed E-state index contributed by atoms with van der Waals surface area (Å²) in [5.74, 6) is 0. The van der Waals surface area contributed by atoms with Crippen molar-refractivity contribution in [2.24, 2.45) is 0 Å². The highest BCUT2D eigenvalue weighted by Crippen LogP contribution is 2.26. The molecule has 0 saturated heterocycles. The Kier molecular flexibility index (Phi) is 4.26. The molecule has 0 spiro atoms. The number of nitrogens with one attached hydrogen (secondary N) is 1. The van der Waals surface area contributed by atoms with Gasteiger partial charge >= 0.3 is 0 Å². The zero-order valence-corrected chi connectivity index (χ0v) is 10.8. The molecule has 0 saturated carbocycles. The monoisotopic (exact) mass is 234 g/mol. The minimum absolute atomic E-state index is 0.781. The molecule has 0 unspecified atom stereocenters. The normalized spacial score (nSPS) is 14.0. The number of nitrogens with zero attached hydrogens (tertiary/aromatic N) is 1. The molecule has 0 bridgehead atoms. The fraction of sp³-hybridized carbons (Fsp3) is 0.571. The molecule has 0 amide bonds. The SMILES string of the molecule is CCN(CCOC)c1ccc2c(c1)CCCN2. The van der Waals surface area contributed by atoms with Crippen LogP contribution >= 0.6 is 0 Å². The lowest BCUT2D eigenvalue weighted by Gasteiger charge is -2.25. The Balaban J connectivity index is 2.13. The maximum atomic E-state index is 5.15. The van der Waals surface area contributed by atoms with Gasteiger partial charge in [0.2, 0.25) is 0 Å². The predicted molar refractivity (Wildman–Crippen MR) is 73.0 cm³/mol. The molecule has 1 aromatic carbocycles. The number of rotatable bonds is 5. The van der Waals surface area contributed by atoms with Crippen molar-refractivity contribution in [2.45, 2.75) is 19.8 Å². The van der Waals surface area contributed by atoms with E-state index in [-0.39, 0.29) is 0 Å². The molecule has 17 heavy (non-hydrogen) atoms. The predicted octanol–water partition coefficient (Wildman–Crippen LogP) is 2.52. The van der Waals surface area contributed by atoms with Gasteiger partial charge in [-0.15, -0.1) is 0 Å². The summed E-state index contributed by atoms with van der Waals surface area (Å²) in [4.78, 5) is 2.36. The maximum Gasteiger partial charge on any atom is 0.0637 e. The topological polar surface area (TPSA) is 24.5 Å². The molecule has 0 radical (unpaired) electrons. The second kappa shape index (κ2) is 5.92. The number of aryl methyl sites for hydroxylation is 1. The average Bonchev–Trinajstić information content (AvgIpc) is 2.39. The molecule has 0 aliphatic carbocycles. The summed E-state index contributed by atoms with van der Waals surface area (Å²) in [7, 11) is 1.75. The summed E-state index contributed by atoms with van der Waals surface area (Å²) in [6.45, 7) is 6.05. The van der Waals surface area contributed by atoms with Gasteiger partial charge < -0.3 is 15.0 Å². The van der Waals surface area contributed by atoms with Crippen molar-refractivity contribution in [1.29, 1.82) is 0 Å². The van der Waals surface area contributed by atoms with E-state index >= 15 is 0 Å². The van der Waals surface area contributed by atoms with E-state index in [2.05, 4.69) is 35.3 Å². The number of benzene rings is 1. The Bertz CT molecular complexity index is 365. The van der Waals surface area contributed by atoms with Crippen LogP contribution in [0.2, 0.25) is 0 Å². The molecule has 94 valence electrons. The average molecular weight is 234 g/mol. The minimum Gasteiger partial charge on any atom is -0.385 e. The van der Waals surface area contributed by atoms with Crippen molar-refractivity contribution in [3.05, 3.63) is 23.8 Å². The van der Waals surface area contributed by atoms with E-state index in [0.29, 0.717) is 0 Å². The summed E-state index contributed by atoms with van der Waals surface area (Å²) in [5, 5.41) is 3.45. The second-order valence-corrected chi connectivity index (χ2v) is 4.44. The lowest BCUT2D eigenvalue weighted by molar-refractivity contribution is 0.205. The van der Waals surface area contributed by atoms with Gasteiger partial charge in [0.25, 0.3) is 0 Å². The first-order chi connectivity index (χ1) is 8.35. The van der Waals surface area contributed by atoms with Gasteiger partial charge in [-0.2, -0.15) is 0 Å². The van der Waals surface area contributed by atoms with E-state index < -0.39 is 0 Å². The van der Waals surface area contributed by atoms with Gasteiger partial charge in [-0.3, -0.25) is 0 Å². The van der Waals surface area contributed by atoms with Gasteiger partial charge in [-0.05, 0) is 43.5 Å². The first kappa shape index (κ1) is 12.2. The van der Waals surface area contributed by atoms with E-state index in [1.165, 1.54) is 29.8 Å². The minimum atomic E-state index is 0.781. The van der Waals surface area contributed by atoms with Crippen LogP contribution in [-0.2, 0) is 11.2 Å². The van der Waals surface area contributed by atoms with Crippen molar-refractivity contribution in [2.75, 3.05) is 43.6 Å². The number of hydrogen-bond donors (Lipinski definition) is 1. The van der Waals surface area contributed by atoms with Crippen molar-refractivity contribution in [3.8, 4) is 0 Å². The summed E-state index contributed by atoms with van der Waals surface area (Å²) in [6, 6.07) is 6.73. The zero-order valence-electron chi connectivity index (χ0n) is 10.8. The quantitative estimate of drug-likeness (QED) is 0.847. The third-order valence-electron chi connectivity index (χ3n) is 3.34. The lowest BCUT2D eigenvalue weighted by atomic mass is 10.0. The zero-order chi connectivity index (χ0) is 12.1. The van der Waals surface area contributed by atoms with Crippen LogP contribution in [0.25, 0.3) is 0 Å². The largest absolute Gasteiger partial charge is 0.385 e. The summed E-state index contributed by atoms with van der Waals surface area (Å²) < 4.78 is 5.15. The Labute approximate surface area is 104 Å². The van der Waals surface area contributed by atoms with Crippen LogP contribution in [0.3, 0.4) is 0 Å². The highest BCUT2D eigenvalue weighted by molar-refractivity contribution is 5.61. The van der Waals surface area contributed by atoms with E-state index in [0.717, 1.165) is 26.2 Å². The van der Waals surface area contributed by atoms with E-state index in [1.54, 1.807) is 7.11 Å². The van der Waals surface area contributed by atoms with Gasteiger partial charge in [-0.1, -0.05) is 0 Å². The fourth-order valence-electron chi connectivity index (χ4n) is 2.33. The summed E-state index contributed by atoms with van der Waals surface area (Å²) in [6.07, 6.45) is 2.43. The molecular formula is C14H22N2O. The Hall–Kier alpha value is -1.22. The molecule has 1 aliphatic rings. The van der Waals surface area contributed by atoms with Crippen LogP contribution in [-0.4, -0.2) is 33.4 Å². The van der Waals surface area contributed by atoms with E-state index in [1.807, 2.05) is 0 Å². The summed E-state index contributed by atoms with van der Waals surface area (Å²) in [5.41, 5.74) is 4.07. The van der Waals surface area contributed by atoms with Crippen molar-refractivity contribution in [3.63, 3.8) is 0 Å². The molecular weight excluding hydrogens is 212 g/mol. The molecule has 1 aliphatic heterocycles. The first-order valence-corrected chi connectivity index (χ1v) is 6.46. The Morgan fingerprint density at radius 1 is 1.41 bits per heavy atom. The van der Waals surface area contributed by atoms with Gasteiger partial charge in [0.15, 0.2) is 0 Å². The number of hydrogen-bond acceptors (Lipinski definition) is 3. The van der Waals surface area contributed by atoms with Gasteiger partial charge in [0.05, 0.1) is 6.61 Å². The number of methoxy groups -OCH3 is 1. The van der Waals surface area contributed by atoms with Crippen molar-refractivity contribution in [1.82, 2.24) is 0 Å². The second-order valence-electron chi connectivity index (χ2n) is 4.44. The standard InChI is InChI=1S/C14H22N2O/c1-3-16(9-10-17-2)13-6-7-14-12(11-13)5-4-8-15-14/h6-7,11,15H,3-5,8-10H2,1-2H3. The van der Waals surface area contributed by atoms with Gasteiger partial charge in [0.1, 0.15) is 0 Å². The van der Waals surface area contributed by atoms with Crippen molar-refractivity contribution >= 4 is 11.4 Å². The molecule has 1 aromatic rings. The van der Waals surface area contributed by atoms with E-state index in [4.69, 9.17) is 4.74 Å². The highest BCUT2D eigenvalue weighted by Gasteiger charge is 2.11. The molecule has 3 heteroatoms. The van der Waals surface area contributed by atoms with E-state index in [9.17, 15) is 0 Å². The first-order valence-electron chi connectivity index (χ1n) is 6.46. The summed E-state index contributed by atoms with van der Waals surface area (Å²) >= 11 is 0. The number of anilines is 2. The Morgan fingerprint density at radius 3 is 3.06 bits per heavy atom. The smallest absolute Gasteiger partial charge is 0.0637 e. The van der Waals surface area contributed by atoms with Crippen LogP contribution in [0.5, 0.6) is 0 Å².